The number of carbonyl (C=O) groups is 2. The molecule has 1 aromatic carbocycles. The summed E-state index contributed by atoms with van der Waals surface area (Å²) >= 11 is 0. The van der Waals surface area contributed by atoms with Gasteiger partial charge in [0.2, 0.25) is 0 Å². The molecule has 8 heteroatoms. The Bertz CT molecular complexity index is 786. The fraction of sp³-hybridized carbons (Fsp3) is 0.375. The number of rotatable bonds is 3. The molecule has 2 saturated heterocycles. The fourth-order valence-corrected chi connectivity index (χ4v) is 4.83. The summed E-state index contributed by atoms with van der Waals surface area (Å²) in [6.45, 7) is 0.301. The molecule has 0 saturated carbocycles. The highest BCUT2D eigenvalue weighted by molar-refractivity contribution is 7.91. The molecule has 7 nitrogen and oxygen atoms in total. The predicted octanol–water partition coefficient (Wildman–Crippen LogP) is 0.268. The Balaban J connectivity index is 1.99. The second-order valence-corrected chi connectivity index (χ2v) is 7.91. The van der Waals surface area contributed by atoms with Crippen LogP contribution in [-0.2, 0) is 35.4 Å². The van der Waals surface area contributed by atoms with Gasteiger partial charge in [-0.25, -0.2) is 18.0 Å². The zero-order chi connectivity index (χ0) is 17.3. The molecule has 2 aliphatic rings. The lowest BCUT2D eigenvalue weighted by Gasteiger charge is -2.38. The van der Waals surface area contributed by atoms with Gasteiger partial charge in [-0.15, -0.1) is 0 Å². The van der Waals surface area contributed by atoms with E-state index in [0.717, 1.165) is 11.6 Å². The van der Waals surface area contributed by atoms with Gasteiger partial charge in [0.15, 0.2) is 9.84 Å². The van der Waals surface area contributed by atoms with Crippen molar-refractivity contribution in [3.63, 3.8) is 0 Å². The molecule has 1 aromatic rings. The molecule has 2 unspecified atom stereocenters. The Labute approximate surface area is 139 Å². The number of ether oxygens (including phenoxy) is 2. The standard InChI is InChI=1S/C16H17NO6S/c1-22-15(18)7-12-16(19)23-14-10-24(20,21)9-13(14)17(12)8-11-5-3-2-4-6-11/h2-7,13-14H,8-10H2,1H3/b12-7-. The Morgan fingerprint density at radius 2 is 2.04 bits per heavy atom. The summed E-state index contributed by atoms with van der Waals surface area (Å²) in [4.78, 5) is 25.5. The Kier molecular flexibility index (Phi) is 4.31. The lowest BCUT2D eigenvalue weighted by molar-refractivity contribution is -0.155. The number of benzene rings is 1. The third-order valence-electron chi connectivity index (χ3n) is 4.10. The Morgan fingerprint density at radius 1 is 1.33 bits per heavy atom. The summed E-state index contributed by atoms with van der Waals surface area (Å²) in [5, 5.41) is 0. The van der Waals surface area contributed by atoms with Crippen molar-refractivity contribution in [2.75, 3.05) is 18.6 Å². The molecule has 0 amide bonds. The van der Waals surface area contributed by atoms with Crippen LogP contribution in [0.15, 0.2) is 42.1 Å². The molecule has 2 aliphatic heterocycles. The third-order valence-corrected chi connectivity index (χ3v) is 5.79. The van der Waals surface area contributed by atoms with Gasteiger partial charge in [-0.1, -0.05) is 30.3 Å². The van der Waals surface area contributed by atoms with Crippen LogP contribution in [0.3, 0.4) is 0 Å². The van der Waals surface area contributed by atoms with Gasteiger partial charge in [0.1, 0.15) is 11.8 Å². The van der Waals surface area contributed by atoms with E-state index in [2.05, 4.69) is 4.74 Å². The topological polar surface area (TPSA) is 90.0 Å². The minimum absolute atomic E-state index is 0.0176. The first-order valence-corrected chi connectivity index (χ1v) is 9.23. The number of nitrogens with zero attached hydrogens (tertiary/aromatic N) is 1. The van der Waals surface area contributed by atoms with Gasteiger partial charge >= 0.3 is 11.9 Å². The van der Waals surface area contributed by atoms with Crippen LogP contribution in [0.5, 0.6) is 0 Å². The summed E-state index contributed by atoms with van der Waals surface area (Å²) in [5.41, 5.74) is 0.912. The van der Waals surface area contributed by atoms with E-state index in [9.17, 15) is 18.0 Å². The molecule has 0 aliphatic carbocycles. The second-order valence-electron chi connectivity index (χ2n) is 5.75. The van der Waals surface area contributed by atoms with Gasteiger partial charge in [0.25, 0.3) is 0 Å². The van der Waals surface area contributed by atoms with Crippen molar-refractivity contribution in [3.8, 4) is 0 Å². The van der Waals surface area contributed by atoms with Gasteiger partial charge in [-0.05, 0) is 5.56 Å². The Morgan fingerprint density at radius 3 is 2.71 bits per heavy atom. The molecule has 0 spiro atoms. The summed E-state index contributed by atoms with van der Waals surface area (Å²) < 4.78 is 33.7. The number of carbonyl (C=O) groups excluding carboxylic acids is 2. The van der Waals surface area contributed by atoms with E-state index in [1.807, 2.05) is 30.3 Å². The van der Waals surface area contributed by atoms with Crippen molar-refractivity contribution in [1.82, 2.24) is 4.90 Å². The maximum absolute atomic E-state index is 12.3. The molecule has 3 rings (SSSR count). The normalized spacial score (nSPS) is 26.8. The van der Waals surface area contributed by atoms with E-state index in [0.29, 0.717) is 6.54 Å². The van der Waals surface area contributed by atoms with Crippen LogP contribution in [0.1, 0.15) is 5.56 Å². The maximum Gasteiger partial charge on any atom is 0.355 e. The van der Waals surface area contributed by atoms with Crippen LogP contribution < -0.4 is 0 Å². The van der Waals surface area contributed by atoms with Crippen LogP contribution in [0, 0.1) is 0 Å². The van der Waals surface area contributed by atoms with Crippen molar-refractivity contribution in [1.29, 1.82) is 0 Å². The SMILES string of the molecule is COC(=O)/C=C1/C(=O)OC2CS(=O)(=O)CC2N1Cc1ccccc1. The van der Waals surface area contributed by atoms with Crippen LogP contribution in [0.4, 0.5) is 0 Å². The molecule has 2 heterocycles. The molecular weight excluding hydrogens is 334 g/mol. The number of morpholine rings is 1. The zero-order valence-electron chi connectivity index (χ0n) is 13.0. The van der Waals surface area contributed by atoms with E-state index in [4.69, 9.17) is 4.74 Å². The summed E-state index contributed by atoms with van der Waals surface area (Å²) in [7, 11) is -2.09. The molecular formula is C16H17NO6S. The quantitative estimate of drug-likeness (QED) is 0.570. The maximum atomic E-state index is 12.3. The minimum atomic E-state index is -3.30. The van der Waals surface area contributed by atoms with Gasteiger partial charge in [-0.3, -0.25) is 0 Å². The average molecular weight is 351 g/mol. The van der Waals surface area contributed by atoms with Crippen molar-refractivity contribution in [3.05, 3.63) is 47.7 Å². The zero-order valence-corrected chi connectivity index (χ0v) is 13.9. The van der Waals surface area contributed by atoms with Crippen LogP contribution in [0.2, 0.25) is 0 Å². The number of hydrogen-bond acceptors (Lipinski definition) is 7. The minimum Gasteiger partial charge on any atom is -0.466 e. The molecule has 128 valence electrons. The number of fused-ring (bicyclic) bond motifs is 1. The molecule has 2 atom stereocenters. The summed E-state index contributed by atoms with van der Waals surface area (Å²) in [6, 6.07) is 8.79. The van der Waals surface area contributed by atoms with Gasteiger partial charge in [0, 0.05) is 6.54 Å². The van der Waals surface area contributed by atoms with Gasteiger partial charge < -0.3 is 14.4 Å². The lowest BCUT2D eigenvalue weighted by Crippen LogP contribution is -2.51. The van der Waals surface area contributed by atoms with E-state index < -0.39 is 33.9 Å². The number of methoxy groups -OCH3 is 1. The summed E-state index contributed by atoms with van der Waals surface area (Å²) in [6.07, 6.45) is 0.327. The van der Waals surface area contributed by atoms with E-state index in [1.165, 1.54) is 7.11 Å². The first-order valence-electron chi connectivity index (χ1n) is 7.41. The average Bonchev–Trinajstić information content (AvgIpc) is 2.85. The second kappa shape index (κ2) is 6.27. The number of sulfone groups is 1. The van der Waals surface area contributed by atoms with Crippen molar-refractivity contribution in [2.24, 2.45) is 0 Å². The van der Waals surface area contributed by atoms with Gasteiger partial charge in [0.05, 0.1) is 30.7 Å². The van der Waals surface area contributed by atoms with Crippen molar-refractivity contribution < 1.29 is 27.5 Å². The highest BCUT2D eigenvalue weighted by Crippen LogP contribution is 2.31. The highest BCUT2D eigenvalue weighted by Gasteiger charge is 2.49. The van der Waals surface area contributed by atoms with Crippen molar-refractivity contribution >= 4 is 21.8 Å². The molecule has 2 fully saturated rings. The molecule has 24 heavy (non-hydrogen) atoms. The predicted molar refractivity (Wildman–Crippen MR) is 84.4 cm³/mol. The van der Waals surface area contributed by atoms with Gasteiger partial charge in [-0.2, -0.15) is 0 Å². The summed E-state index contributed by atoms with van der Waals surface area (Å²) in [5.74, 6) is -1.72. The number of esters is 2. The van der Waals surface area contributed by atoms with Crippen LogP contribution >= 0.6 is 0 Å². The Hall–Kier alpha value is -2.35. The first-order chi connectivity index (χ1) is 11.4. The first kappa shape index (κ1) is 16.5. The van der Waals surface area contributed by atoms with Crippen LogP contribution in [0.25, 0.3) is 0 Å². The van der Waals surface area contributed by atoms with Crippen LogP contribution in [-0.4, -0.2) is 56.0 Å². The molecule has 0 aromatic heterocycles. The van der Waals surface area contributed by atoms with E-state index in [1.54, 1.807) is 4.90 Å². The highest BCUT2D eigenvalue weighted by atomic mass is 32.2. The molecule has 0 radical (unpaired) electrons. The number of hydrogen-bond donors (Lipinski definition) is 0. The third kappa shape index (κ3) is 3.28. The molecule has 0 N–H and O–H groups in total. The largest absolute Gasteiger partial charge is 0.466 e. The van der Waals surface area contributed by atoms with E-state index >= 15 is 0 Å². The smallest absolute Gasteiger partial charge is 0.355 e. The van der Waals surface area contributed by atoms with Crippen molar-refractivity contribution in [2.45, 2.75) is 18.7 Å². The molecule has 0 bridgehead atoms. The monoisotopic (exact) mass is 351 g/mol. The lowest BCUT2D eigenvalue weighted by atomic mass is 10.1. The fourth-order valence-electron chi connectivity index (χ4n) is 2.99. The van der Waals surface area contributed by atoms with E-state index in [-0.39, 0.29) is 17.2 Å².